The molecular weight excluding hydrogens is 322 g/mol. The van der Waals surface area contributed by atoms with Crippen LogP contribution in [0.3, 0.4) is 0 Å². The number of nitrogens with zero attached hydrogens (tertiary/aromatic N) is 3. The van der Waals surface area contributed by atoms with Crippen molar-refractivity contribution in [2.75, 3.05) is 23.0 Å². The summed E-state index contributed by atoms with van der Waals surface area (Å²) in [5.41, 5.74) is 4.80. The van der Waals surface area contributed by atoms with Gasteiger partial charge in [-0.3, -0.25) is 4.68 Å². The smallest absolute Gasteiger partial charge is 0.152 e. The molecule has 1 aromatic carbocycles. The van der Waals surface area contributed by atoms with Crippen molar-refractivity contribution in [3.05, 3.63) is 47.3 Å². The fraction of sp³-hybridized carbons (Fsp3) is 0.500. The van der Waals surface area contributed by atoms with Crippen LogP contribution in [0.4, 0.5) is 5.69 Å². The molecular formula is C18H23N3O2S. The molecule has 0 amide bonds. The molecule has 0 aliphatic carbocycles. The molecule has 3 heterocycles. The molecule has 0 spiro atoms. The van der Waals surface area contributed by atoms with E-state index in [1.54, 1.807) is 0 Å². The fourth-order valence-corrected chi connectivity index (χ4v) is 6.15. The van der Waals surface area contributed by atoms with E-state index in [-0.39, 0.29) is 11.5 Å². The lowest BCUT2D eigenvalue weighted by Crippen LogP contribution is -2.31. The minimum absolute atomic E-state index is 0.187. The summed E-state index contributed by atoms with van der Waals surface area (Å²) in [5.74, 6) is 0.449. The average molecular weight is 345 g/mol. The number of fused-ring (bicyclic) bond motifs is 1. The number of aromatic nitrogens is 2. The van der Waals surface area contributed by atoms with Gasteiger partial charge >= 0.3 is 0 Å². The standard InChI is InChI=1S/C18H23N3O2S/c1-14-4-3-5-16-6-8-20(17(14)16)11-15-10-19-21(12-15)18(2)7-9-24(22,23)13-18/h3-5,10,12H,6-9,11,13H2,1-2H3/t18-/m0/s1. The molecule has 6 heteroatoms. The molecule has 128 valence electrons. The van der Waals surface area contributed by atoms with Gasteiger partial charge in [-0.2, -0.15) is 5.10 Å². The number of hydrogen-bond acceptors (Lipinski definition) is 4. The van der Waals surface area contributed by atoms with Crippen LogP contribution in [0.5, 0.6) is 0 Å². The van der Waals surface area contributed by atoms with E-state index >= 15 is 0 Å². The Morgan fingerprint density at radius 2 is 2.17 bits per heavy atom. The Bertz CT molecular complexity index is 887. The molecule has 0 bridgehead atoms. The zero-order chi connectivity index (χ0) is 16.9. The zero-order valence-corrected chi connectivity index (χ0v) is 15.0. The van der Waals surface area contributed by atoms with Gasteiger partial charge in [-0.15, -0.1) is 0 Å². The van der Waals surface area contributed by atoms with Crippen LogP contribution in [0.2, 0.25) is 0 Å². The van der Waals surface area contributed by atoms with Gasteiger partial charge in [-0.1, -0.05) is 18.2 Å². The number of para-hydroxylation sites is 1. The highest BCUT2D eigenvalue weighted by Crippen LogP contribution is 2.33. The third kappa shape index (κ3) is 2.62. The van der Waals surface area contributed by atoms with Crippen molar-refractivity contribution in [2.45, 2.75) is 38.8 Å². The van der Waals surface area contributed by atoms with Crippen molar-refractivity contribution >= 4 is 15.5 Å². The lowest BCUT2D eigenvalue weighted by Gasteiger charge is -2.23. The molecule has 1 fully saturated rings. The first kappa shape index (κ1) is 15.7. The number of hydrogen-bond donors (Lipinski definition) is 0. The molecule has 24 heavy (non-hydrogen) atoms. The van der Waals surface area contributed by atoms with E-state index in [9.17, 15) is 8.42 Å². The van der Waals surface area contributed by atoms with E-state index in [4.69, 9.17) is 0 Å². The van der Waals surface area contributed by atoms with Gasteiger partial charge in [-0.25, -0.2) is 8.42 Å². The van der Waals surface area contributed by atoms with E-state index in [2.05, 4.69) is 35.1 Å². The van der Waals surface area contributed by atoms with Gasteiger partial charge in [0.15, 0.2) is 9.84 Å². The van der Waals surface area contributed by atoms with E-state index < -0.39 is 15.4 Å². The van der Waals surface area contributed by atoms with Crippen LogP contribution in [-0.4, -0.2) is 36.2 Å². The fourth-order valence-electron chi connectivity index (χ4n) is 4.03. The second-order valence-corrected chi connectivity index (χ2v) is 9.57. The van der Waals surface area contributed by atoms with Crippen molar-refractivity contribution in [1.82, 2.24) is 9.78 Å². The lowest BCUT2D eigenvalue weighted by molar-refractivity contribution is 0.328. The molecule has 0 saturated carbocycles. The third-order valence-electron chi connectivity index (χ3n) is 5.33. The number of benzene rings is 1. The van der Waals surface area contributed by atoms with Crippen molar-refractivity contribution in [1.29, 1.82) is 0 Å². The van der Waals surface area contributed by atoms with Gasteiger partial charge in [0.2, 0.25) is 0 Å². The highest BCUT2D eigenvalue weighted by molar-refractivity contribution is 7.91. The molecule has 2 aliphatic heterocycles. The van der Waals surface area contributed by atoms with Crippen LogP contribution in [0.25, 0.3) is 0 Å². The predicted molar refractivity (Wildman–Crippen MR) is 95.1 cm³/mol. The quantitative estimate of drug-likeness (QED) is 0.856. The Morgan fingerprint density at radius 3 is 2.92 bits per heavy atom. The average Bonchev–Trinajstić information content (AvgIpc) is 3.20. The van der Waals surface area contributed by atoms with E-state index in [0.29, 0.717) is 6.42 Å². The van der Waals surface area contributed by atoms with Crippen LogP contribution < -0.4 is 4.90 Å². The first-order valence-corrected chi connectivity index (χ1v) is 10.3. The minimum atomic E-state index is -2.93. The Morgan fingerprint density at radius 1 is 1.33 bits per heavy atom. The maximum absolute atomic E-state index is 11.8. The van der Waals surface area contributed by atoms with Crippen molar-refractivity contribution in [3.8, 4) is 0 Å². The molecule has 2 aromatic rings. The van der Waals surface area contributed by atoms with Gasteiger partial charge in [0.25, 0.3) is 0 Å². The van der Waals surface area contributed by atoms with Crippen LogP contribution in [0.1, 0.15) is 30.0 Å². The molecule has 5 nitrogen and oxygen atoms in total. The summed E-state index contributed by atoms with van der Waals surface area (Å²) in [6.45, 7) is 5.99. The van der Waals surface area contributed by atoms with E-state index in [1.807, 2.05) is 24.0 Å². The Kier molecular flexibility index (Phi) is 3.49. The van der Waals surface area contributed by atoms with Gasteiger partial charge in [-0.05, 0) is 37.8 Å². The molecule has 0 unspecified atom stereocenters. The van der Waals surface area contributed by atoms with Gasteiger partial charge in [0, 0.05) is 30.5 Å². The maximum Gasteiger partial charge on any atom is 0.152 e. The molecule has 2 aliphatic rings. The molecule has 0 radical (unpaired) electrons. The largest absolute Gasteiger partial charge is 0.366 e. The first-order valence-electron chi connectivity index (χ1n) is 8.44. The topological polar surface area (TPSA) is 55.2 Å². The monoisotopic (exact) mass is 345 g/mol. The number of aryl methyl sites for hydroxylation is 1. The van der Waals surface area contributed by atoms with E-state index in [1.165, 1.54) is 16.8 Å². The van der Waals surface area contributed by atoms with Crippen LogP contribution in [-0.2, 0) is 28.3 Å². The Hall–Kier alpha value is -1.82. The zero-order valence-electron chi connectivity index (χ0n) is 14.2. The normalized spacial score (nSPS) is 25.2. The van der Waals surface area contributed by atoms with Crippen LogP contribution in [0, 0.1) is 6.92 Å². The SMILES string of the molecule is Cc1cccc2c1N(Cc1cnn([C@@]3(C)CCS(=O)(=O)C3)c1)CC2. The van der Waals surface area contributed by atoms with Gasteiger partial charge in [0.05, 0.1) is 23.2 Å². The van der Waals surface area contributed by atoms with Crippen molar-refractivity contribution < 1.29 is 8.42 Å². The van der Waals surface area contributed by atoms with Gasteiger partial charge in [0.1, 0.15) is 0 Å². The second-order valence-electron chi connectivity index (χ2n) is 7.39. The minimum Gasteiger partial charge on any atom is -0.366 e. The summed E-state index contributed by atoms with van der Waals surface area (Å²) in [7, 11) is -2.93. The summed E-state index contributed by atoms with van der Waals surface area (Å²) in [4.78, 5) is 2.40. The molecule has 1 aromatic heterocycles. The molecule has 0 N–H and O–H groups in total. The first-order chi connectivity index (χ1) is 11.4. The highest BCUT2D eigenvalue weighted by atomic mass is 32.2. The lowest BCUT2D eigenvalue weighted by atomic mass is 10.0. The second kappa shape index (κ2) is 5.34. The maximum atomic E-state index is 11.8. The Labute approximate surface area is 143 Å². The Balaban J connectivity index is 1.56. The van der Waals surface area contributed by atoms with Crippen LogP contribution >= 0.6 is 0 Å². The number of rotatable bonds is 3. The summed E-state index contributed by atoms with van der Waals surface area (Å²) < 4.78 is 25.5. The predicted octanol–water partition coefficient (Wildman–Crippen LogP) is 2.29. The number of anilines is 1. The summed E-state index contributed by atoms with van der Waals surface area (Å²) >= 11 is 0. The van der Waals surface area contributed by atoms with Gasteiger partial charge < -0.3 is 4.90 Å². The van der Waals surface area contributed by atoms with Crippen LogP contribution in [0.15, 0.2) is 30.6 Å². The third-order valence-corrected chi connectivity index (χ3v) is 7.22. The van der Waals surface area contributed by atoms with E-state index in [0.717, 1.165) is 25.1 Å². The number of sulfone groups is 1. The molecule has 4 rings (SSSR count). The summed E-state index contributed by atoms with van der Waals surface area (Å²) in [5, 5.41) is 4.48. The molecule has 1 saturated heterocycles. The molecule has 1 atom stereocenters. The highest BCUT2D eigenvalue weighted by Gasteiger charge is 2.40. The van der Waals surface area contributed by atoms with Crippen molar-refractivity contribution in [3.63, 3.8) is 0 Å². The summed E-state index contributed by atoms with van der Waals surface area (Å²) in [6.07, 6.45) is 5.63. The van der Waals surface area contributed by atoms with Crippen molar-refractivity contribution in [2.24, 2.45) is 0 Å². The summed E-state index contributed by atoms with van der Waals surface area (Å²) in [6, 6.07) is 6.48.